The molecule has 0 saturated carbocycles. The van der Waals surface area contributed by atoms with Gasteiger partial charge in [0.15, 0.2) is 0 Å². The Kier molecular flexibility index (Phi) is 3.43. The molecule has 1 saturated heterocycles. The summed E-state index contributed by atoms with van der Waals surface area (Å²) in [6.07, 6.45) is 6.14. The first-order chi connectivity index (χ1) is 8.73. The fraction of sp³-hybridized carbons (Fsp3) is 0.786. The monoisotopic (exact) mass is 266 g/mol. The third kappa shape index (κ3) is 2.10. The van der Waals surface area contributed by atoms with Crippen LogP contribution in [0, 0.1) is 0 Å². The van der Waals surface area contributed by atoms with Crippen molar-refractivity contribution in [3.05, 3.63) is 15.6 Å². The number of hydrogen-bond donors (Lipinski definition) is 1. The highest BCUT2D eigenvalue weighted by molar-refractivity contribution is 7.12. The molecule has 1 aliphatic heterocycles. The molecule has 100 valence electrons. The first-order valence-corrected chi connectivity index (χ1v) is 7.91. The van der Waals surface area contributed by atoms with E-state index < -0.39 is 0 Å². The van der Waals surface area contributed by atoms with Crippen LogP contribution in [0.1, 0.15) is 48.7 Å². The maximum Gasteiger partial charge on any atom is 0.113 e. The summed E-state index contributed by atoms with van der Waals surface area (Å²) in [4.78, 5) is 6.47. The fourth-order valence-corrected chi connectivity index (χ4v) is 4.60. The minimum atomic E-state index is 0.0709. The van der Waals surface area contributed by atoms with Crippen LogP contribution in [0.25, 0.3) is 0 Å². The Bertz CT molecular complexity index is 406. The van der Waals surface area contributed by atoms with Gasteiger partial charge in [0.25, 0.3) is 0 Å². The van der Waals surface area contributed by atoms with E-state index in [1.807, 2.05) is 11.3 Å². The van der Waals surface area contributed by atoms with Gasteiger partial charge in [-0.1, -0.05) is 6.92 Å². The predicted molar refractivity (Wildman–Crippen MR) is 74.1 cm³/mol. The van der Waals surface area contributed by atoms with Gasteiger partial charge in [0, 0.05) is 11.5 Å². The topological polar surface area (TPSA) is 34.2 Å². The minimum Gasteiger partial charge on any atom is -0.378 e. The Labute approximate surface area is 113 Å². The SMILES string of the molecule is CCNC1(c2nc3c(s2)CCC3)CCOC(C)C1. The molecule has 2 atom stereocenters. The predicted octanol–water partition coefficient (Wildman–Crippen LogP) is 2.64. The molecule has 0 bridgehead atoms. The molecule has 3 nitrogen and oxygen atoms in total. The first kappa shape index (κ1) is 12.6. The van der Waals surface area contributed by atoms with Crippen molar-refractivity contribution in [2.75, 3.05) is 13.2 Å². The number of ether oxygens (including phenoxy) is 1. The van der Waals surface area contributed by atoms with Crippen LogP contribution >= 0.6 is 11.3 Å². The van der Waals surface area contributed by atoms with Crippen LogP contribution in [-0.2, 0) is 23.1 Å². The van der Waals surface area contributed by atoms with E-state index in [9.17, 15) is 0 Å². The molecule has 1 N–H and O–H groups in total. The average molecular weight is 266 g/mol. The molecule has 4 heteroatoms. The van der Waals surface area contributed by atoms with Crippen LogP contribution in [0.5, 0.6) is 0 Å². The lowest BCUT2D eigenvalue weighted by molar-refractivity contribution is -0.0202. The lowest BCUT2D eigenvalue weighted by Crippen LogP contribution is -2.48. The number of nitrogens with zero attached hydrogens (tertiary/aromatic N) is 1. The van der Waals surface area contributed by atoms with E-state index in [0.29, 0.717) is 6.10 Å². The van der Waals surface area contributed by atoms with Crippen LogP contribution in [-0.4, -0.2) is 24.2 Å². The van der Waals surface area contributed by atoms with Crippen LogP contribution in [0.15, 0.2) is 0 Å². The third-order valence-corrected chi connectivity index (χ3v) is 5.45. The normalized spacial score (nSPS) is 31.6. The maximum atomic E-state index is 5.72. The molecule has 1 aromatic rings. The smallest absolute Gasteiger partial charge is 0.113 e. The summed E-state index contributed by atoms with van der Waals surface area (Å²) in [5.74, 6) is 0. The molecule has 0 radical (unpaired) electrons. The van der Waals surface area contributed by atoms with E-state index in [1.54, 1.807) is 0 Å². The molecule has 1 aliphatic carbocycles. The lowest BCUT2D eigenvalue weighted by atomic mass is 9.87. The van der Waals surface area contributed by atoms with Crippen molar-refractivity contribution < 1.29 is 4.74 Å². The number of aryl methyl sites for hydroxylation is 2. The first-order valence-electron chi connectivity index (χ1n) is 7.09. The quantitative estimate of drug-likeness (QED) is 0.913. The van der Waals surface area contributed by atoms with Crippen LogP contribution in [0.2, 0.25) is 0 Å². The van der Waals surface area contributed by atoms with E-state index in [0.717, 1.165) is 26.0 Å². The van der Waals surface area contributed by atoms with Crippen molar-refractivity contribution in [2.24, 2.45) is 0 Å². The van der Waals surface area contributed by atoms with Gasteiger partial charge in [0.1, 0.15) is 5.01 Å². The van der Waals surface area contributed by atoms with Gasteiger partial charge in [-0.3, -0.25) is 0 Å². The van der Waals surface area contributed by atoms with Gasteiger partial charge in [-0.25, -0.2) is 4.98 Å². The lowest BCUT2D eigenvalue weighted by Gasteiger charge is -2.39. The molecule has 0 amide bonds. The summed E-state index contributed by atoms with van der Waals surface area (Å²) < 4.78 is 5.72. The van der Waals surface area contributed by atoms with Crippen molar-refractivity contribution >= 4 is 11.3 Å². The molecular weight excluding hydrogens is 244 g/mol. The molecular formula is C14H22N2OS. The summed E-state index contributed by atoms with van der Waals surface area (Å²) in [6, 6.07) is 0. The van der Waals surface area contributed by atoms with Gasteiger partial charge in [-0.15, -0.1) is 11.3 Å². The second-order valence-electron chi connectivity index (χ2n) is 5.49. The summed E-state index contributed by atoms with van der Waals surface area (Å²) in [5, 5.41) is 5.01. The van der Waals surface area contributed by atoms with E-state index >= 15 is 0 Å². The van der Waals surface area contributed by atoms with Crippen molar-refractivity contribution in [1.82, 2.24) is 10.3 Å². The highest BCUT2D eigenvalue weighted by atomic mass is 32.1. The summed E-state index contributed by atoms with van der Waals surface area (Å²) in [5.41, 5.74) is 1.44. The molecule has 2 heterocycles. The van der Waals surface area contributed by atoms with Crippen molar-refractivity contribution in [3.63, 3.8) is 0 Å². The van der Waals surface area contributed by atoms with Crippen LogP contribution in [0.4, 0.5) is 0 Å². The summed E-state index contributed by atoms with van der Waals surface area (Å²) >= 11 is 1.94. The molecule has 1 aromatic heterocycles. The van der Waals surface area contributed by atoms with Crippen LogP contribution in [0.3, 0.4) is 0 Å². The zero-order valence-corrected chi connectivity index (χ0v) is 12.1. The van der Waals surface area contributed by atoms with Crippen molar-refractivity contribution in [2.45, 2.75) is 57.6 Å². The Morgan fingerprint density at radius 3 is 3.11 bits per heavy atom. The number of thiazole rings is 1. The van der Waals surface area contributed by atoms with Gasteiger partial charge in [0.05, 0.1) is 17.3 Å². The number of fused-ring (bicyclic) bond motifs is 1. The van der Waals surface area contributed by atoms with Gasteiger partial charge in [0.2, 0.25) is 0 Å². The van der Waals surface area contributed by atoms with Crippen molar-refractivity contribution in [1.29, 1.82) is 0 Å². The second-order valence-corrected chi connectivity index (χ2v) is 6.57. The molecule has 2 aliphatic rings. The van der Waals surface area contributed by atoms with E-state index in [1.165, 1.54) is 34.8 Å². The van der Waals surface area contributed by atoms with Gasteiger partial charge >= 0.3 is 0 Å². The van der Waals surface area contributed by atoms with Gasteiger partial charge in [-0.2, -0.15) is 0 Å². The molecule has 1 fully saturated rings. The minimum absolute atomic E-state index is 0.0709. The Morgan fingerprint density at radius 1 is 1.50 bits per heavy atom. The Balaban J connectivity index is 1.92. The number of hydrogen-bond acceptors (Lipinski definition) is 4. The molecule has 2 unspecified atom stereocenters. The van der Waals surface area contributed by atoms with E-state index in [4.69, 9.17) is 9.72 Å². The van der Waals surface area contributed by atoms with E-state index in [2.05, 4.69) is 19.2 Å². The molecule has 3 rings (SSSR count). The largest absolute Gasteiger partial charge is 0.378 e. The summed E-state index contributed by atoms with van der Waals surface area (Å²) in [6.45, 7) is 6.20. The Morgan fingerprint density at radius 2 is 2.39 bits per heavy atom. The van der Waals surface area contributed by atoms with Gasteiger partial charge in [-0.05, 0) is 45.6 Å². The zero-order chi connectivity index (χ0) is 12.6. The zero-order valence-electron chi connectivity index (χ0n) is 11.3. The number of aromatic nitrogens is 1. The van der Waals surface area contributed by atoms with Gasteiger partial charge < -0.3 is 10.1 Å². The highest BCUT2D eigenvalue weighted by Crippen LogP contribution is 2.39. The molecule has 18 heavy (non-hydrogen) atoms. The molecule has 0 spiro atoms. The number of rotatable bonds is 3. The second kappa shape index (κ2) is 4.91. The maximum absolute atomic E-state index is 5.72. The van der Waals surface area contributed by atoms with E-state index in [-0.39, 0.29) is 5.54 Å². The molecule has 0 aromatic carbocycles. The highest BCUT2D eigenvalue weighted by Gasteiger charge is 2.40. The average Bonchev–Trinajstić information content (AvgIpc) is 2.89. The third-order valence-electron chi connectivity index (χ3n) is 4.09. The summed E-state index contributed by atoms with van der Waals surface area (Å²) in [7, 11) is 0. The Hall–Kier alpha value is -0.450. The number of nitrogens with one attached hydrogen (secondary N) is 1. The standard InChI is InChI=1S/C14H22N2OS/c1-3-15-14(7-8-17-10(2)9-14)13-16-11-5-4-6-12(11)18-13/h10,15H,3-9H2,1-2H3. The van der Waals surface area contributed by atoms with Crippen molar-refractivity contribution in [3.8, 4) is 0 Å². The fourth-order valence-electron chi connectivity index (χ4n) is 3.25. The van der Waals surface area contributed by atoms with Crippen LogP contribution < -0.4 is 5.32 Å².